The highest BCUT2D eigenvalue weighted by molar-refractivity contribution is 7.91. The van der Waals surface area contributed by atoms with Crippen molar-refractivity contribution in [1.29, 1.82) is 0 Å². The summed E-state index contributed by atoms with van der Waals surface area (Å²) in [5, 5.41) is 19.7. The summed E-state index contributed by atoms with van der Waals surface area (Å²) in [5.41, 5.74) is 2.44. The second-order valence-corrected chi connectivity index (χ2v) is 22.4. The van der Waals surface area contributed by atoms with Gasteiger partial charge in [-0.2, -0.15) is 0 Å². The number of hydrogen-bond donors (Lipinski definition) is 0. The highest BCUT2D eigenvalue weighted by atomic mass is 32.2. The van der Waals surface area contributed by atoms with Crippen LogP contribution in [0.25, 0.3) is 33.0 Å². The predicted octanol–water partition coefficient (Wildman–Crippen LogP) is 6.67. The van der Waals surface area contributed by atoms with Crippen molar-refractivity contribution in [1.82, 2.24) is 59.4 Å². The Balaban J connectivity index is 0.000000216. The van der Waals surface area contributed by atoms with E-state index in [4.69, 9.17) is 28.4 Å². The minimum Gasteiger partial charge on any atom is -0.494 e. The lowest BCUT2D eigenvalue weighted by Gasteiger charge is -2.22. The van der Waals surface area contributed by atoms with E-state index < -0.39 is 65.5 Å². The van der Waals surface area contributed by atoms with Crippen molar-refractivity contribution >= 4 is 42.3 Å². The molecule has 0 aliphatic carbocycles. The van der Waals surface area contributed by atoms with Crippen molar-refractivity contribution in [2.75, 3.05) is 42.7 Å². The van der Waals surface area contributed by atoms with Gasteiger partial charge in [-0.25, -0.2) is 55.5 Å². The Bertz CT molecular complexity index is 3160. The third kappa shape index (κ3) is 11.7. The first-order valence-electron chi connectivity index (χ1n) is 22.0. The summed E-state index contributed by atoms with van der Waals surface area (Å²) < 4.78 is 117. The molecule has 0 spiro atoms. The number of benzene rings is 2. The smallest absolute Gasteiger partial charge is 0.197 e. The van der Waals surface area contributed by atoms with Crippen molar-refractivity contribution < 1.29 is 54.0 Å². The molecule has 0 amide bonds. The van der Waals surface area contributed by atoms with E-state index in [1.54, 1.807) is 45.5 Å². The van der Waals surface area contributed by atoms with Crippen LogP contribution in [0.1, 0.15) is 60.7 Å². The largest absolute Gasteiger partial charge is 0.494 e. The second kappa shape index (κ2) is 23.5. The molecule has 22 nitrogen and oxygen atoms in total. The molecule has 2 aromatic carbocycles. The summed E-state index contributed by atoms with van der Waals surface area (Å²) in [5.74, 6) is 0.415. The van der Waals surface area contributed by atoms with E-state index in [0.717, 1.165) is 36.2 Å². The molecule has 0 bridgehead atoms. The van der Waals surface area contributed by atoms with Crippen LogP contribution in [0.3, 0.4) is 0 Å². The van der Waals surface area contributed by atoms with Crippen LogP contribution in [0.2, 0.25) is 0 Å². The van der Waals surface area contributed by atoms with Crippen LogP contribution < -0.4 is 18.9 Å². The van der Waals surface area contributed by atoms with Crippen LogP contribution in [0.5, 0.6) is 23.0 Å². The second-order valence-electron chi connectivity index (χ2n) is 16.0. The number of nitrogens with zero attached hydrogens (tertiary/aromatic N) is 12. The number of thiazole rings is 2. The summed E-state index contributed by atoms with van der Waals surface area (Å²) in [6.07, 6.45) is 1.76. The number of aromatic nitrogens is 12. The average molecular weight is 1100 g/mol. The molecule has 0 unspecified atom stereocenters. The molecule has 74 heavy (non-hydrogen) atoms. The topological polar surface area (TPSA) is 262 Å². The lowest BCUT2D eigenvalue weighted by Crippen LogP contribution is -2.30. The van der Waals surface area contributed by atoms with Crippen molar-refractivity contribution in [2.45, 2.75) is 61.9 Å². The number of sulfone groups is 2. The van der Waals surface area contributed by atoms with Gasteiger partial charge in [0.25, 0.3) is 0 Å². The highest BCUT2D eigenvalue weighted by Crippen LogP contribution is 2.40. The molecule has 0 radical (unpaired) electrons. The van der Waals surface area contributed by atoms with Gasteiger partial charge in [-0.1, -0.05) is 12.1 Å². The molecule has 28 heteroatoms. The van der Waals surface area contributed by atoms with Crippen molar-refractivity contribution in [3.63, 3.8) is 0 Å². The van der Waals surface area contributed by atoms with Crippen LogP contribution in [0.15, 0.2) is 71.9 Å². The van der Waals surface area contributed by atoms with Gasteiger partial charge < -0.3 is 28.4 Å². The maximum atomic E-state index is 13.6. The number of aryl methyl sites for hydroxylation is 2. The van der Waals surface area contributed by atoms with Gasteiger partial charge >= 0.3 is 0 Å². The van der Waals surface area contributed by atoms with Gasteiger partial charge in [-0.15, -0.1) is 43.1 Å². The van der Waals surface area contributed by atoms with Gasteiger partial charge in [-0.05, 0) is 52.0 Å². The molecule has 0 aliphatic rings. The van der Waals surface area contributed by atoms with Gasteiger partial charge in [0.1, 0.15) is 58.1 Å². The number of halogens is 2. The fraction of sp³-hybridized carbons (Fsp3) is 0.348. The van der Waals surface area contributed by atoms with Gasteiger partial charge in [0.15, 0.2) is 76.3 Å². The summed E-state index contributed by atoms with van der Waals surface area (Å²) >= 11 is 2.70. The minimum atomic E-state index is -3.94. The molecular formula is C46H50F2N12O10S4. The first kappa shape index (κ1) is 54.8. The molecule has 6 aromatic heterocycles. The Labute approximate surface area is 432 Å². The Morgan fingerprint density at radius 2 is 0.865 bits per heavy atom. The van der Waals surface area contributed by atoms with E-state index in [0.29, 0.717) is 56.0 Å². The zero-order valence-corrected chi connectivity index (χ0v) is 44.8. The molecule has 392 valence electrons. The molecule has 0 N–H and O–H groups in total. The Morgan fingerprint density at radius 1 is 0.541 bits per heavy atom. The summed E-state index contributed by atoms with van der Waals surface area (Å²) in [4.78, 5) is 24.6. The fourth-order valence-corrected chi connectivity index (χ4v) is 11.9. The van der Waals surface area contributed by atoms with Gasteiger partial charge in [-0.3, -0.25) is 9.13 Å². The molecule has 4 atom stereocenters. The van der Waals surface area contributed by atoms with E-state index in [-0.39, 0.29) is 23.3 Å². The minimum absolute atomic E-state index is 0.0480. The maximum Gasteiger partial charge on any atom is 0.197 e. The standard InChI is InChI=1S/2C23H25FN6O5S2/c2*1-13-11-36-23(27-13)22-29-28-18(30(22)19-16(33-3)7-6-8-17(19)34-4)12-37(31,32)14(2)20(35-5)21-25-9-15(24)10-26-21/h2*6-11,14,20H,12H2,1-5H3/t2*14-,20+/m10/s1. The zero-order valence-electron chi connectivity index (χ0n) is 41.5. The molecule has 0 saturated heterocycles. The SMILES string of the molecule is COc1cccc(OC)c1-n1c(CS(=O)(=O)[C@@H](C)[C@@H](OC)c2ncc(F)cn2)nnc1-c1nc(C)cs1.COc1cccc(OC)c1-n1c(CS(=O)(=O)[C@H](C)[C@H](OC)c2ncc(F)cn2)nnc1-c1nc(C)cs1. The molecule has 6 heterocycles. The molecule has 0 saturated carbocycles. The normalized spacial score (nSPS) is 13.4. The summed E-state index contributed by atoms with van der Waals surface area (Å²) in [6.45, 7) is 6.65. The first-order chi connectivity index (χ1) is 35.4. The van der Waals surface area contributed by atoms with E-state index >= 15 is 0 Å². The molecular weight excluding hydrogens is 1050 g/mol. The monoisotopic (exact) mass is 1100 g/mol. The van der Waals surface area contributed by atoms with Crippen LogP contribution in [0.4, 0.5) is 8.78 Å². The molecule has 8 rings (SSSR count). The Kier molecular flexibility index (Phi) is 17.4. The highest BCUT2D eigenvalue weighted by Gasteiger charge is 2.37. The maximum absolute atomic E-state index is 13.6. The van der Waals surface area contributed by atoms with Crippen LogP contribution >= 0.6 is 22.7 Å². The average Bonchev–Trinajstić information content (AvgIpc) is 4.22. The summed E-state index contributed by atoms with van der Waals surface area (Å²) in [6, 6.07) is 10.4. The number of methoxy groups -OCH3 is 6. The summed E-state index contributed by atoms with van der Waals surface area (Å²) in [7, 11) is 0.811. The van der Waals surface area contributed by atoms with Crippen LogP contribution in [0, 0.1) is 25.5 Å². The lowest BCUT2D eigenvalue weighted by molar-refractivity contribution is 0.0945. The van der Waals surface area contributed by atoms with Gasteiger partial charge in [0, 0.05) is 36.4 Å². The first-order valence-corrected chi connectivity index (χ1v) is 27.2. The Hall–Kier alpha value is -6.98. The van der Waals surface area contributed by atoms with E-state index in [2.05, 4.69) is 50.3 Å². The van der Waals surface area contributed by atoms with E-state index in [1.165, 1.54) is 79.2 Å². The fourth-order valence-electron chi connectivity index (χ4n) is 7.54. The number of para-hydroxylation sites is 2. The van der Waals surface area contributed by atoms with Gasteiger partial charge in [0.05, 0.1) is 63.7 Å². The zero-order chi connectivity index (χ0) is 53.5. The van der Waals surface area contributed by atoms with E-state index in [1.807, 2.05) is 24.6 Å². The Morgan fingerprint density at radius 3 is 1.14 bits per heavy atom. The molecule has 8 aromatic rings. The predicted molar refractivity (Wildman–Crippen MR) is 268 cm³/mol. The quantitative estimate of drug-likeness (QED) is 0.0771. The molecule has 0 aliphatic heterocycles. The van der Waals surface area contributed by atoms with Gasteiger partial charge in [0.2, 0.25) is 0 Å². The number of hydrogen-bond acceptors (Lipinski definition) is 22. The van der Waals surface area contributed by atoms with Crippen molar-refractivity contribution in [3.8, 4) is 56.0 Å². The third-order valence-electron chi connectivity index (χ3n) is 11.3. The van der Waals surface area contributed by atoms with E-state index in [9.17, 15) is 25.6 Å². The van der Waals surface area contributed by atoms with Crippen LogP contribution in [-0.2, 0) is 40.7 Å². The lowest BCUT2D eigenvalue weighted by atomic mass is 10.2. The number of rotatable bonds is 20. The van der Waals surface area contributed by atoms with Crippen molar-refractivity contribution in [2.24, 2.45) is 0 Å². The number of ether oxygens (including phenoxy) is 6. The van der Waals surface area contributed by atoms with Crippen molar-refractivity contribution in [3.05, 3.63) is 118 Å². The van der Waals surface area contributed by atoms with Crippen LogP contribution in [-0.4, -0.2) is 129 Å². The third-order valence-corrected chi connectivity index (χ3v) is 17.3. The molecule has 0 fully saturated rings.